The summed E-state index contributed by atoms with van der Waals surface area (Å²) in [6.07, 6.45) is 0.237. The molecule has 0 radical (unpaired) electrons. The Morgan fingerprint density at radius 3 is 2.52 bits per heavy atom. The minimum atomic E-state index is -4.19. The van der Waals surface area contributed by atoms with Crippen LogP contribution in [0.15, 0.2) is 23.1 Å². The van der Waals surface area contributed by atoms with Gasteiger partial charge in [0.2, 0.25) is 10.0 Å². The van der Waals surface area contributed by atoms with Crippen LogP contribution in [0.4, 0.5) is 4.39 Å². The second-order valence-corrected chi connectivity index (χ2v) is 7.02. The van der Waals surface area contributed by atoms with E-state index < -0.39 is 32.7 Å². The quantitative estimate of drug-likeness (QED) is 0.809. The van der Waals surface area contributed by atoms with Crippen LogP contribution in [0.25, 0.3) is 0 Å². The molecule has 21 heavy (non-hydrogen) atoms. The third-order valence-corrected chi connectivity index (χ3v) is 4.41. The summed E-state index contributed by atoms with van der Waals surface area (Å²) in [5.41, 5.74) is 0. The van der Waals surface area contributed by atoms with Gasteiger partial charge in [0.25, 0.3) is 0 Å². The summed E-state index contributed by atoms with van der Waals surface area (Å²) in [5.74, 6) is -1.66. The van der Waals surface area contributed by atoms with Crippen molar-refractivity contribution >= 4 is 27.6 Å². The van der Waals surface area contributed by atoms with Crippen molar-refractivity contribution in [3.05, 3.63) is 29.0 Å². The molecule has 0 aliphatic carbocycles. The zero-order valence-electron chi connectivity index (χ0n) is 11.9. The molecule has 8 heteroatoms. The van der Waals surface area contributed by atoms with Crippen molar-refractivity contribution in [3.63, 3.8) is 0 Å². The molecule has 0 spiro atoms. The number of hydrogen-bond acceptors (Lipinski definition) is 4. The van der Waals surface area contributed by atoms with Crippen molar-refractivity contribution in [2.24, 2.45) is 5.92 Å². The fourth-order valence-corrected chi connectivity index (χ4v) is 3.17. The average Bonchev–Trinajstić information content (AvgIpc) is 2.35. The highest BCUT2D eigenvalue weighted by Gasteiger charge is 2.28. The third kappa shape index (κ3) is 4.94. The van der Waals surface area contributed by atoms with E-state index >= 15 is 0 Å². The number of carbonyl (C=O) groups excluding carboxylic acids is 1. The largest absolute Gasteiger partial charge is 0.468 e. The molecule has 0 aliphatic rings. The Kier molecular flexibility index (Phi) is 6.12. The van der Waals surface area contributed by atoms with Crippen molar-refractivity contribution in [2.75, 3.05) is 7.11 Å². The van der Waals surface area contributed by atoms with Gasteiger partial charge in [0.15, 0.2) is 0 Å². The predicted molar refractivity (Wildman–Crippen MR) is 77.0 cm³/mol. The van der Waals surface area contributed by atoms with Gasteiger partial charge in [0.1, 0.15) is 16.8 Å². The van der Waals surface area contributed by atoms with Gasteiger partial charge >= 0.3 is 5.97 Å². The second kappa shape index (κ2) is 7.20. The van der Waals surface area contributed by atoms with E-state index in [-0.39, 0.29) is 17.4 Å². The molecule has 0 unspecified atom stereocenters. The Morgan fingerprint density at radius 2 is 2.05 bits per heavy atom. The van der Waals surface area contributed by atoms with E-state index in [9.17, 15) is 17.6 Å². The first kappa shape index (κ1) is 17.9. The first-order chi connectivity index (χ1) is 9.67. The molecule has 1 aromatic carbocycles. The average molecular weight is 338 g/mol. The summed E-state index contributed by atoms with van der Waals surface area (Å²) in [4.78, 5) is 11.1. The highest BCUT2D eigenvalue weighted by molar-refractivity contribution is 7.89. The molecule has 1 atom stereocenters. The van der Waals surface area contributed by atoms with E-state index in [0.29, 0.717) is 0 Å². The molecule has 1 N–H and O–H groups in total. The van der Waals surface area contributed by atoms with Crippen molar-refractivity contribution in [2.45, 2.75) is 31.2 Å². The number of benzene rings is 1. The number of nitrogens with one attached hydrogen (secondary N) is 1. The maximum absolute atomic E-state index is 13.7. The Labute approximate surface area is 128 Å². The number of hydrogen-bond donors (Lipinski definition) is 1. The molecule has 0 bridgehead atoms. The van der Waals surface area contributed by atoms with Crippen LogP contribution < -0.4 is 4.72 Å². The lowest BCUT2D eigenvalue weighted by atomic mass is 10.1. The predicted octanol–water partition coefficient (Wildman–Crippen LogP) is 2.35. The topological polar surface area (TPSA) is 72.5 Å². The standard InChI is InChI=1S/C13H17ClFNO4S/c1-8(2)6-11(13(17)20-3)16-21(18,19)12-5-4-9(14)7-10(12)15/h4-5,7-8,11,16H,6H2,1-3H3/t11-/m0/s1. The summed E-state index contributed by atoms with van der Waals surface area (Å²) < 4.78 is 44.8. The molecule has 0 saturated carbocycles. The first-order valence-corrected chi connectivity index (χ1v) is 8.08. The van der Waals surface area contributed by atoms with Crippen LogP contribution in [0, 0.1) is 11.7 Å². The fourth-order valence-electron chi connectivity index (χ4n) is 1.75. The summed E-state index contributed by atoms with van der Waals surface area (Å²) >= 11 is 5.59. The van der Waals surface area contributed by atoms with Crippen LogP contribution in [0.5, 0.6) is 0 Å². The number of ether oxygens (including phenoxy) is 1. The molecule has 0 fully saturated rings. The Morgan fingerprint density at radius 1 is 1.43 bits per heavy atom. The van der Waals surface area contributed by atoms with Crippen LogP contribution in [0.1, 0.15) is 20.3 Å². The SMILES string of the molecule is COC(=O)[C@H](CC(C)C)NS(=O)(=O)c1ccc(Cl)cc1F. The number of carbonyl (C=O) groups is 1. The summed E-state index contributed by atoms with van der Waals surface area (Å²) in [7, 11) is -3.03. The summed E-state index contributed by atoms with van der Waals surface area (Å²) in [6.45, 7) is 3.65. The smallest absolute Gasteiger partial charge is 0.323 e. The molecule has 0 heterocycles. The van der Waals surface area contributed by atoms with Gasteiger partial charge in [-0.3, -0.25) is 4.79 Å². The van der Waals surface area contributed by atoms with E-state index in [1.807, 2.05) is 13.8 Å². The summed E-state index contributed by atoms with van der Waals surface area (Å²) in [5, 5.41) is 0.0816. The zero-order valence-corrected chi connectivity index (χ0v) is 13.5. The van der Waals surface area contributed by atoms with E-state index in [1.165, 1.54) is 6.07 Å². The van der Waals surface area contributed by atoms with Crippen molar-refractivity contribution in [3.8, 4) is 0 Å². The lowest BCUT2D eigenvalue weighted by Crippen LogP contribution is -2.42. The first-order valence-electron chi connectivity index (χ1n) is 6.22. The van der Waals surface area contributed by atoms with E-state index in [0.717, 1.165) is 19.2 Å². The lowest BCUT2D eigenvalue weighted by Gasteiger charge is -2.18. The number of rotatable bonds is 6. The number of esters is 1. The van der Waals surface area contributed by atoms with Crippen LogP contribution in [0.3, 0.4) is 0 Å². The van der Waals surface area contributed by atoms with Gasteiger partial charge in [-0.2, -0.15) is 4.72 Å². The van der Waals surface area contributed by atoms with E-state index in [1.54, 1.807) is 0 Å². The number of methoxy groups -OCH3 is 1. The highest BCUT2D eigenvalue weighted by atomic mass is 35.5. The molecular formula is C13H17ClFNO4S. The van der Waals surface area contributed by atoms with Crippen molar-refractivity contribution in [1.82, 2.24) is 4.72 Å². The molecule has 0 amide bonds. The summed E-state index contributed by atoms with van der Waals surface area (Å²) in [6, 6.07) is 2.12. The molecule has 1 rings (SSSR count). The van der Waals surface area contributed by atoms with Crippen LogP contribution in [0.2, 0.25) is 5.02 Å². The minimum Gasteiger partial charge on any atom is -0.468 e. The van der Waals surface area contributed by atoms with Crippen LogP contribution in [-0.4, -0.2) is 27.5 Å². The molecule has 5 nitrogen and oxygen atoms in total. The van der Waals surface area contributed by atoms with Gasteiger partial charge in [-0.05, 0) is 30.5 Å². The van der Waals surface area contributed by atoms with Crippen LogP contribution >= 0.6 is 11.6 Å². The Bertz CT molecular complexity index is 619. The van der Waals surface area contributed by atoms with Gasteiger partial charge in [0.05, 0.1) is 7.11 Å². The number of halogens is 2. The van der Waals surface area contributed by atoms with Gasteiger partial charge < -0.3 is 4.74 Å². The molecule has 118 valence electrons. The van der Waals surface area contributed by atoms with Gasteiger partial charge in [-0.15, -0.1) is 0 Å². The Hall–Kier alpha value is -1.18. The normalized spacial score (nSPS) is 13.2. The fraction of sp³-hybridized carbons (Fsp3) is 0.462. The molecule has 1 aromatic rings. The third-order valence-electron chi connectivity index (χ3n) is 2.67. The van der Waals surface area contributed by atoms with E-state index in [4.69, 9.17) is 11.6 Å². The molecule has 0 saturated heterocycles. The van der Waals surface area contributed by atoms with Gasteiger partial charge in [-0.25, -0.2) is 12.8 Å². The molecular weight excluding hydrogens is 321 g/mol. The number of sulfonamides is 1. The highest BCUT2D eigenvalue weighted by Crippen LogP contribution is 2.20. The minimum absolute atomic E-state index is 0.0480. The maximum Gasteiger partial charge on any atom is 0.323 e. The molecule has 0 aromatic heterocycles. The molecule has 0 aliphatic heterocycles. The Balaban J connectivity index is 3.08. The van der Waals surface area contributed by atoms with Gasteiger partial charge in [0, 0.05) is 5.02 Å². The maximum atomic E-state index is 13.7. The van der Waals surface area contributed by atoms with Gasteiger partial charge in [-0.1, -0.05) is 25.4 Å². The van der Waals surface area contributed by atoms with Crippen molar-refractivity contribution < 1.29 is 22.3 Å². The zero-order chi connectivity index (χ0) is 16.2. The lowest BCUT2D eigenvalue weighted by molar-refractivity contribution is -0.143. The van der Waals surface area contributed by atoms with Crippen molar-refractivity contribution in [1.29, 1.82) is 0 Å². The monoisotopic (exact) mass is 337 g/mol. The second-order valence-electron chi connectivity index (χ2n) is 4.90. The van der Waals surface area contributed by atoms with Crippen LogP contribution in [-0.2, 0) is 19.6 Å². The van der Waals surface area contributed by atoms with E-state index in [2.05, 4.69) is 9.46 Å².